The summed E-state index contributed by atoms with van der Waals surface area (Å²) in [5, 5.41) is 4.02. The van der Waals surface area contributed by atoms with E-state index in [-0.39, 0.29) is 11.8 Å². The van der Waals surface area contributed by atoms with Crippen LogP contribution in [0.5, 0.6) is 5.75 Å². The van der Waals surface area contributed by atoms with Crippen molar-refractivity contribution >= 4 is 28.3 Å². The lowest BCUT2D eigenvalue weighted by Gasteiger charge is -2.20. The third kappa shape index (κ3) is 4.22. The minimum absolute atomic E-state index is 0.00697. The molecule has 1 aliphatic heterocycles. The molecule has 156 valence electrons. The zero-order chi connectivity index (χ0) is 21.3. The number of nitrogens with zero attached hydrogens (tertiary/aromatic N) is 3. The number of ether oxygens (including phenoxy) is 1. The largest absolute Gasteiger partial charge is 0.573 e. The summed E-state index contributed by atoms with van der Waals surface area (Å²) in [7, 11) is 0. The van der Waals surface area contributed by atoms with E-state index >= 15 is 0 Å². The molecule has 1 amide bonds. The molecule has 1 aromatic heterocycles. The van der Waals surface area contributed by atoms with Gasteiger partial charge < -0.3 is 20.7 Å². The summed E-state index contributed by atoms with van der Waals surface area (Å²) in [6.45, 7) is 1.22. The summed E-state index contributed by atoms with van der Waals surface area (Å²) in [5.41, 5.74) is 6.84. The average molecular weight is 417 g/mol. The van der Waals surface area contributed by atoms with Crippen molar-refractivity contribution in [1.29, 1.82) is 0 Å². The highest BCUT2D eigenvalue weighted by molar-refractivity contribution is 6.06. The van der Waals surface area contributed by atoms with Crippen LogP contribution in [0, 0.1) is 0 Å². The van der Waals surface area contributed by atoms with Gasteiger partial charge in [-0.1, -0.05) is 12.1 Å². The van der Waals surface area contributed by atoms with E-state index < -0.39 is 12.3 Å². The van der Waals surface area contributed by atoms with Crippen LogP contribution < -0.4 is 20.7 Å². The quantitative estimate of drug-likeness (QED) is 0.662. The molecule has 0 radical (unpaired) electrons. The zero-order valence-corrected chi connectivity index (χ0v) is 15.7. The van der Waals surface area contributed by atoms with Crippen LogP contribution in [0.25, 0.3) is 10.9 Å². The predicted molar refractivity (Wildman–Crippen MR) is 105 cm³/mol. The first kappa shape index (κ1) is 19.7. The molecule has 2 heterocycles. The Morgan fingerprint density at radius 1 is 1.20 bits per heavy atom. The van der Waals surface area contributed by atoms with Gasteiger partial charge in [0.1, 0.15) is 17.9 Å². The van der Waals surface area contributed by atoms with E-state index in [4.69, 9.17) is 5.73 Å². The third-order valence-electron chi connectivity index (χ3n) is 4.88. The summed E-state index contributed by atoms with van der Waals surface area (Å²) >= 11 is 0. The van der Waals surface area contributed by atoms with Gasteiger partial charge in [0.15, 0.2) is 0 Å². The molecule has 1 fully saturated rings. The first-order valence-electron chi connectivity index (χ1n) is 9.21. The Hall–Kier alpha value is -3.56. The van der Waals surface area contributed by atoms with Crippen LogP contribution >= 0.6 is 0 Å². The Balaban J connectivity index is 1.51. The maximum Gasteiger partial charge on any atom is 0.573 e. The molecule has 0 saturated carbocycles. The number of aromatic nitrogens is 2. The summed E-state index contributed by atoms with van der Waals surface area (Å²) in [4.78, 5) is 22.1. The fraction of sp³-hybridized carbons (Fsp3) is 0.250. The van der Waals surface area contributed by atoms with Gasteiger partial charge in [0.05, 0.1) is 11.1 Å². The predicted octanol–water partition coefficient (Wildman–Crippen LogP) is 3.32. The fourth-order valence-electron chi connectivity index (χ4n) is 3.58. The molecule has 3 N–H and O–H groups in total. The second-order valence-electron chi connectivity index (χ2n) is 6.91. The van der Waals surface area contributed by atoms with E-state index in [0.717, 1.165) is 6.42 Å². The number of alkyl halides is 3. The molecule has 2 aromatic carbocycles. The number of carbonyl (C=O) groups excluding carboxylic acids is 1. The number of primary amides is 1. The van der Waals surface area contributed by atoms with Crippen molar-refractivity contribution in [2.24, 2.45) is 5.73 Å². The molecule has 7 nitrogen and oxygen atoms in total. The Kier molecular flexibility index (Phi) is 5.06. The summed E-state index contributed by atoms with van der Waals surface area (Å²) < 4.78 is 41.4. The van der Waals surface area contributed by atoms with Gasteiger partial charge in [-0.3, -0.25) is 4.79 Å². The van der Waals surface area contributed by atoms with Gasteiger partial charge in [0.25, 0.3) is 5.91 Å². The maximum absolute atomic E-state index is 12.5. The number of halogens is 3. The average Bonchev–Trinajstić information content (AvgIpc) is 3.15. The molecule has 1 atom stereocenters. The van der Waals surface area contributed by atoms with E-state index in [2.05, 4.69) is 20.0 Å². The molecule has 3 aromatic rings. The number of amides is 1. The Bertz CT molecular complexity index is 1090. The molecule has 0 spiro atoms. The topological polar surface area (TPSA) is 93.4 Å². The number of rotatable bonds is 5. The molecule has 0 aliphatic carbocycles. The lowest BCUT2D eigenvalue weighted by atomic mass is 10.1. The first-order chi connectivity index (χ1) is 14.3. The third-order valence-corrected chi connectivity index (χ3v) is 4.88. The van der Waals surface area contributed by atoms with Crippen molar-refractivity contribution in [3.8, 4) is 5.75 Å². The van der Waals surface area contributed by atoms with E-state index in [1.54, 1.807) is 24.3 Å². The number of fused-ring (bicyclic) bond motifs is 1. The minimum Gasteiger partial charge on any atom is -0.406 e. The molecule has 4 rings (SSSR count). The van der Waals surface area contributed by atoms with Gasteiger partial charge in [-0.05, 0) is 30.7 Å². The van der Waals surface area contributed by atoms with Crippen LogP contribution in [0.15, 0.2) is 48.8 Å². The highest BCUT2D eigenvalue weighted by atomic mass is 19.4. The summed E-state index contributed by atoms with van der Waals surface area (Å²) in [6.07, 6.45) is -2.61. The van der Waals surface area contributed by atoms with Crippen LogP contribution in [-0.4, -0.2) is 41.4 Å². The number of carbonyl (C=O) groups is 1. The fourth-order valence-corrected chi connectivity index (χ4v) is 3.58. The molecule has 0 bridgehead atoms. The minimum atomic E-state index is -4.73. The van der Waals surface area contributed by atoms with Gasteiger partial charge in [0.2, 0.25) is 0 Å². The summed E-state index contributed by atoms with van der Waals surface area (Å²) in [6, 6.07) is 11.0. The van der Waals surface area contributed by atoms with Crippen LogP contribution in [0.3, 0.4) is 0 Å². The normalized spacial score (nSPS) is 16.6. The first-order valence-corrected chi connectivity index (χ1v) is 9.21. The van der Waals surface area contributed by atoms with Crippen molar-refractivity contribution in [2.45, 2.75) is 18.8 Å². The molecular weight excluding hydrogens is 399 g/mol. The van der Waals surface area contributed by atoms with E-state index in [9.17, 15) is 18.0 Å². The Labute approximate surface area is 169 Å². The van der Waals surface area contributed by atoms with Crippen LogP contribution in [0.1, 0.15) is 16.8 Å². The van der Waals surface area contributed by atoms with Crippen LogP contribution in [-0.2, 0) is 0 Å². The van der Waals surface area contributed by atoms with Crippen molar-refractivity contribution in [3.63, 3.8) is 0 Å². The molecule has 1 aliphatic rings. The van der Waals surface area contributed by atoms with E-state index in [0.29, 0.717) is 41.1 Å². The highest BCUT2D eigenvalue weighted by Crippen LogP contribution is 2.30. The SMILES string of the molecule is NC(=O)c1cccc2c(NC3CCN(c4cccc(OC(F)(F)F)c4)C3)ncnc12. The standard InChI is InChI=1S/C20H18F3N5O2/c21-20(22,23)30-14-4-1-3-13(9-14)28-8-7-12(10-28)27-19-16-6-2-5-15(18(24)29)17(16)25-11-26-19/h1-6,9,11-12H,7-8,10H2,(H2,24,29)(H,25,26,27). The van der Waals surface area contributed by atoms with Gasteiger partial charge in [0, 0.05) is 36.3 Å². The Morgan fingerprint density at radius 3 is 2.77 bits per heavy atom. The number of hydrogen-bond donors (Lipinski definition) is 2. The highest BCUT2D eigenvalue weighted by Gasteiger charge is 2.31. The molecule has 30 heavy (non-hydrogen) atoms. The van der Waals surface area contributed by atoms with Gasteiger partial charge in [-0.25, -0.2) is 9.97 Å². The Morgan fingerprint density at radius 2 is 2.00 bits per heavy atom. The maximum atomic E-state index is 12.5. The van der Waals surface area contributed by atoms with Crippen molar-refractivity contribution < 1.29 is 22.7 Å². The van der Waals surface area contributed by atoms with Gasteiger partial charge >= 0.3 is 6.36 Å². The second kappa shape index (κ2) is 7.69. The summed E-state index contributed by atoms with van der Waals surface area (Å²) in [5.74, 6) is -0.250. The van der Waals surface area contributed by atoms with Crippen molar-refractivity contribution in [2.75, 3.05) is 23.3 Å². The van der Waals surface area contributed by atoms with Crippen molar-refractivity contribution in [3.05, 3.63) is 54.4 Å². The number of nitrogens with one attached hydrogen (secondary N) is 1. The number of benzene rings is 2. The van der Waals surface area contributed by atoms with Crippen LogP contribution in [0.4, 0.5) is 24.7 Å². The number of hydrogen-bond acceptors (Lipinski definition) is 6. The molecule has 1 saturated heterocycles. The monoisotopic (exact) mass is 417 g/mol. The van der Waals surface area contributed by atoms with E-state index in [1.807, 2.05) is 4.90 Å². The molecular formula is C20H18F3N5O2. The lowest BCUT2D eigenvalue weighted by Crippen LogP contribution is -2.26. The zero-order valence-electron chi connectivity index (χ0n) is 15.7. The van der Waals surface area contributed by atoms with Gasteiger partial charge in [-0.15, -0.1) is 13.2 Å². The number of nitrogens with two attached hydrogens (primary N) is 1. The van der Waals surface area contributed by atoms with Gasteiger partial charge in [-0.2, -0.15) is 0 Å². The van der Waals surface area contributed by atoms with Crippen molar-refractivity contribution in [1.82, 2.24) is 9.97 Å². The van der Waals surface area contributed by atoms with Crippen LogP contribution in [0.2, 0.25) is 0 Å². The molecule has 1 unspecified atom stereocenters. The van der Waals surface area contributed by atoms with E-state index in [1.165, 1.54) is 24.5 Å². The smallest absolute Gasteiger partial charge is 0.406 e. The number of para-hydroxylation sites is 1. The lowest BCUT2D eigenvalue weighted by molar-refractivity contribution is -0.274. The molecule has 10 heteroatoms. The second-order valence-corrected chi connectivity index (χ2v) is 6.91. The number of anilines is 2.